The van der Waals surface area contributed by atoms with Crippen LogP contribution in [0.1, 0.15) is 18.7 Å². The molecule has 0 amide bonds. The molecule has 1 saturated heterocycles. The molecule has 0 unspecified atom stereocenters. The van der Waals surface area contributed by atoms with Crippen molar-refractivity contribution in [2.75, 3.05) is 26.8 Å². The molecular weight excluding hydrogens is 335 g/mol. The number of aromatic amines is 1. The zero-order valence-corrected chi connectivity index (χ0v) is 14.3. The summed E-state index contributed by atoms with van der Waals surface area (Å²) in [5.41, 5.74) is 1.14. The number of methoxy groups -OCH3 is 1. The van der Waals surface area contributed by atoms with Crippen molar-refractivity contribution >= 4 is 21.2 Å². The third-order valence-corrected chi connectivity index (χ3v) is 5.66. The van der Waals surface area contributed by atoms with Crippen LogP contribution in [-0.4, -0.2) is 49.5 Å². The minimum absolute atomic E-state index is 0.0318. The molecule has 0 saturated carbocycles. The molecule has 3 rings (SSSR count). The van der Waals surface area contributed by atoms with Crippen LogP contribution in [0.3, 0.4) is 0 Å². The minimum Gasteiger partial charge on any atom is -0.384 e. The molecular formula is C15H21FN4O3S. The molecule has 24 heavy (non-hydrogen) atoms. The Morgan fingerprint density at radius 3 is 3.12 bits per heavy atom. The summed E-state index contributed by atoms with van der Waals surface area (Å²) >= 11 is 0. The molecule has 2 N–H and O–H groups in total. The number of nitrogens with zero attached hydrogens (tertiary/aromatic N) is 2. The first-order valence-corrected chi connectivity index (χ1v) is 9.30. The standard InChI is InChI=1S/C15H21FN4O3S/c1-23-10-11-3-2-6-20(9-11)24(21,22)17-8-15-18-13-5-4-12(16)7-14(13)19-15/h4-5,7,11,17H,2-3,6,8-10H2,1H3,(H,18,19)/t11-/m0/s1. The van der Waals surface area contributed by atoms with E-state index in [9.17, 15) is 12.8 Å². The Bertz CT molecular complexity index is 806. The van der Waals surface area contributed by atoms with E-state index in [1.54, 1.807) is 13.2 Å². The molecule has 1 aliphatic heterocycles. The van der Waals surface area contributed by atoms with Crippen molar-refractivity contribution in [3.8, 4) is 0 Å². The largest absolute Gasteiger partial charge is 0.384 e. The van der Waals surface area contributed by atoms with Crippen LogP contribution in [0.2, 0.25) is 0 Å². The monoisotopic (exact) mass is 356 g/mol. The van der Waals surface area contributed by atoms with E-state index >= 15 is 0 Å². The van der Waals surface area contributed by atoms with Gasteiger partial charge in [0.1, 0.15) is 11.6 Å². The van der Waals surface area contributed by atoms with Crippen LogP contribution in [0.4, 0.5) is 4.39 Å². The minimum atomic E-state index is -3.58. The van der Waals surface area contributed by atoms with Gasteiger partial charge in [0, 0.05) is 20.2 Å². The first kappa shape index (κ1) is 17.3. The van der Waals surface area contributed by atoms with Gasteiger partial charge in [-0.15, -0.1) is 0 Å². The first-order chi connectivity index (χ1) is 11.5. The van der Waals surface area contributed by atoms with Crippen LogP contribution < -0.4 is 4.72 Å². The third-order valence-electron chi connectivity index (χ3n) is 4.14. The van der Waals surface area contributed by atoms with Crippen LogP contribution in [0, 0.1) is 11.7 Å². The maximum atomic E-state index is 13.2. The van der Waals surface area contributed by atoms with Crippen molar-refractivity contribution in [1.29, 1.82) is 0 Å². The van der Waals surface area contributed by atoms with E-state index in [1.165, 1.54) is 16.4 Å². The highest BCUT2D eigenvalue weighted by Gasteiger charge is 2.28. The number of aromatic nitrogens is 2. The number of nitrogens with one attached hydrogen (secondary N) is 2. The molecule has 1 aliphatic rings. The summed E-state index contributed by atoms with van der Waals surface area (Å²) in [6, 6.07) is 4.21. The van der Waals surface area contributed by atoms with Gasteiger partial charge in [-0.05, 0) is 37.0 Å². The van der Waals surface area contributed by atoms with Crippen LogP contribution in [-0.2, 0) is 21.5 Å². The SMILES string of the molecule is COC[C@H]1CCCN(S(=O)(=O)NCc2nc3ccc(F)cc3[nH]2)C1. The molecule has 1 atom stereocenters. The van der Waals surface area contributed by atoms with Crippen LogP contribution in [0.25, 0.3) is 11.0 Å². The fraction of sp³-hybridized carbons (Fsp3) is 0.533. The van der Waals surface area contributed by atoms with Crippen LogP contribution in [0.5, 0.6) is 0 Å². The van der Waals surface area contributed by atoms with E-state index in [2.05, 4.69) is 14.7 Å². The van der Waals surface area contributed by atoms with E-state index in [0.29, 0.717) is 36.6 Å². The van der Waals surface area contributed by atoms with E-state index in [1.807, 2.05) is 0 Å². The Morgan fingerprint density at radius 2 is 2.33 bits per heavy atom. The zero-order chi connectivity index (χ0) is 17.2. The molecule has 1 fully saturated rings. The van der Waals surface area contributed by atoms with Crippen molar-refractivity contribution in [2.45, 2.75) is 19.4 Å². The fourth-order valence-corrected chi connectivity index (χ4v) is 4.26. The van der Waals surface area contributed by atoms with Crippen molar-refractivity contribution in [1.82, 2.24) is 19.0 Å². The molecule has 7 nitrogen and oxygen atoms in total. The number of halogens is 1. The Hall–Kier alpha value is -1.55. The Labute approximate surface area is 140 Å². The first-order valence-electron chi connectivity index (χ1n) is 7.86. The lowest BCUT2D eigenvalue weighted by molar-refractivity contribution is 0.118. The molecule has 132 valence electrons. The summed E-state index contributed by atoms with van der Waals surface area (Å²) in [7, 11) is -1.96. The lowest BCUT2D eigenvalue weighted by Gasteiger charge is -2.31. The quantitative estimate of drug-likeness (QED) is 0.819. The zero-order valence-electron chi connectivity index (χ0n) is 13.5. The number of hydrogen-bond acceptors (Lipinski definition) is 4. The smallest absolute Gasteiger partial charge is 0.279 e. The fourth-order valence-electron chi connectivity index (χ4n) is 2.99. The number of benzene rings is 1. The van der Waals surface area contributed by atoms with Gasteiger partial charge in [0.2, 0.25) is 0 Å². The number of fused-ring (bicyclic) bond motifs is 1. The second-order valence-corrected chi connectivity index (χ2v) is 7.75. The summed E-state index contributed by atoms with van der Waals surface area (Å²) in [4.78, 5) is 7.18. The topological polar surface area (TPSA) is 87.3 Å². The van der Waals surface area contributed by atoms with Crippen LogP contribution in [0.15, 0.2) is 18.2 Å². The Kier molecular flexibility index (Phi) is 5.14. The van der Waals surface area contributed by atoms with E-state index in [4.69, 9.17) is 4.74 Å². The predicted octanol–water partition coefficient (Wildman–Crippen LogP) is 1.39. The number of piperidine rings is 1. The molecule has 2 aromatic rings. The highest BCUT2D eigenvalue weighted by Crippen LogP contribution is 2.19. The number of hydrogen-bond donors (Lipinski definition) is 2. The van der Waals surface area contributed by atoms with Gasteiger partial charge >= 0.3 is 0 Å². The summed E-state index contributed by atoms with van der Waals surface area (Å²) in [5.74, 6) is 0.301. The molecule has 1 aromatic heterocycles. The second-order valence-electron chi connectivity index (χ2n) is 5.99. The molecule has 1 aromatic carbocycles. The van der Waals surface area contributed by atoms with Gasteiger partial charge in [-0.3, -0.25) is 0 Å². The van der Waals surface area contributed by atoms with Crippen molar-refractivity contribution in [3.63, 3.8) is 0 Å². The third kappa shape index (κ3) is 3.92. The van der Waals surface area contributed by atoms with E-state index in [-0.39, 0.29) is 18.3 Å². The molecule has 0 spiro atoms. The number of rotatable bonds is 6. The summed E-state index contributed by atoms with van der Waals surface area (Å²) < 4.78 is 47.2. The van der Waals surface area contributed by atoms with E-state index < -0.39 is 10.2 Å². The Morgan fingerprint density at radius 1 is 1.50 bits per heavy atom. The van der Waals surface area contributed by atoms with Gasteiger partial charge < -0.3 is 9.72 Å². The highest BCUT2D eigenvalue weighted by atomic mass is 32.2. The predicted molar refractivity (Wildman–Crippen MR) is 88.0 cm³/mol. The molecule has 0 bridgehead atoms. The summed E-state index contributed by atoms with van der Waals surface area (Å²) in [6.07, 6.45) is 1.79. The van der Waals surface area contributed by atoms with Gasteiger partial charge in [0.15, 0.2) is 0 Å². The van der Waals surface area contributed by atoms with Gasteiger partial charge in [-0.2, -0.15) is 17.4 Å². The lowest BCUT2D eigenvalue weighted by atomic mass is 10.0. The molecule has 0 aliphatic carbocycles. The number of imidazole rings is 1. The Balaban J connectivity index is 1.65. The van der Waals surface area contributed by atoms with Crippen molar-refractivity contribution in [3.05, 3.63) is 29.8 Å². The average molecular weight is 356 g/mol. The van der Waals surface area contributed by atoms with Crippen LogP contribution >= 0.6 is 0 Å². The normalized spacial score (nSPS) is 19.8. The lowest BCUT2D eigenvalue weighted by Crippen LogP contribution is -2.46. The molecule has 2 heterocycles. The maximum Gasteiger partial charge on any atom is 0.279 e. The number of ether oxygens (including phenoxy) is 1. The second kappa shape index (κ2) is 7.14. The van der Waals surface area contributed by atoms with Gasteiger partial charge in [-0.25, -0.2) is 9.37 Å². The van der Waals surface area contributed by atoms with Crippen molar-refractivity contribution < 1.29 is 17.5 Å². The van der Waals surface area contributed by atoms with Gasteiger partial charge in [0.25, 0.3) is 10.2 Å². The highest BCUT2D eigenvalue weighted by molar-refractivity contribution is 7.87. The summed E-state index contributed by atoms with van der Waals surface area (Å²) in [5, 5.41) is 0. The average Bonchev–Trinajstić information content (AvgIpc) is 2.96. The van der Waals surface area contributed by atoms with Gasteiger partial charge in [-0.1, -0.05) is 0 Å². The molecule has 9 heteroatoms. The van der Waals surface area contributed by atoms with Gasteiger partial charge in [0.05, 0.1) is 24.2 Å². The maximum absolute atomic E-state index is 13.2. The van der Waals surface area contributed by atoms with Crippen molar-refractivity contribution in [2.24, 2.45) is 5.92 Å². The number of H-pyrrole nitrogens is 1. The summed E-state index contributed by atoms with van der Waals surface area (Å²) in [6.45, 7) is 1.54. The van der Waals surface area contributed by atoms with E-state index in [0.717, 1.165) is 12.8 Å². The molecule has 0 radical (unpaired) electrons.